The molecule has 1 N–H and O–H groups in total. The normalized spacial score (nSPS) is 16.5. The van der Waals surface area contributed by atoms with Crippen LogP contribution in [0, 0.1) is 5.92 Å². The number of unbranched alkanes of at least 4 members (excludes halogenated alkanes) is 1. The van der Waals surface area contributed by atoms with E-state index in [2.05, 4.69) is 15.1 Å². The van der Waals surface area contributed by atoms with E-state index in [9.17, 15) is 14.4 Å². The lowest BCUT2D eigenvalue weighted by molar-refractivity contribution is -0.128. The Bertz CT molecular complexity index is 1340. The number of rotatable bonds is 10. The number of carbonyl (C=O) groups excluding carboxylic acids is 3. The topological polar surface area (TPSA) is 91.4 Å². The molecule has 0 spiro atoms. The Kier molecular flexibility index (Phi) is 11.4. The molecule has 2 heterocycles. The number of nitrogens with one attached hydrogen (secondary N) is 1. The van der Waals surface area contributed by atoms with Crippen molar-refractivity contribution in [2.45, 2.75) is 71.9 Å². The third-order valence-corrected chi connectivity index (χ3v) is 8.57. The zero-order valence-corrected chi connectivity index (χ0v) is 27.8. The highest BCUT2D eigenvalue weighted by molar-refractivity contribution is 6.43. The van der Waals surface area contributed by atoms with Crippen LogP contribution in [0.1, 0.15) is 59.4 Å². The number of benzene rings is 2. The summed E-state index contributed by atoms with van der Waals surface area (Å²) in [5.74, 6) is -0.435. The van der Waals surface area contributed by atoms with Crippen LogP contribution in [0.15, 0.2) is 36.4 Å². The maximum absolute atomic E-state index is 13.7. The molecule has 2 aliphatic rings. The summed E-state index contributed by atoms with van der Waals surface area (Å²) in [6, 6.07) is 10.4. The minimum Gasteiger partial charge on any atom is -0.494 e. The van der Waals surface area contributed by atoms with Gasteiger partial charge in [-0.15, -0.1) is 0 Å². The number of alkyl carbamates (subject to hydrolysis) is 1. The molecule has 0 radical (unpaired) electrons. The molecule has 11 heteroatoms. The second kappa shape index (κ2) is 14.8. The van der Waals surface area contributed by atoms with Crippen molar-refractivity contribution < 1.29 is 23.9 Å². The van der Waals surface area contributed by atoms with E-state index in [-0.39, 0.29) is 18.2 Å². The predicted octanol–water partition coefficient (Wildman–Crippen LogP) is 6.33. The van der Waals surface area contributed by atoms with Gasteiger partial charge >= 0.3 is 6.09 Å². The van der Waals surface area contributed by atoms with E-state index >= 15 is 0 Å². The van der Waals surface area contributed by atoms with Crippen molar-refractivity contribution in [3.05, 3.63) is 52.0 Å². The summed E-state index contributed by atoms with van der Waals surface area (Å²) < 4.78 is 11.4. The first-order valence-corrected chi connectivity index (χ1v) is 16.1. The van der Waals surface area contributed by atoms with Gasteiger partial charge in [0, 0.05) is 38.7 Å². The molecule has 240 valence electrons. The number of hydrogen-bond donors (Lipinski definition) is 1. The number of anilines is 2. The van der Waals surface area contributed by atoms with Crippen LogP contribution in [0.4, 0.5) is 16.2 Å². The molecule has 3 amide bonds. The minimum atomic E-state index is -0.923. The second-order valence-electron chi connectivity index (χ2n) is 12.7. The quantitative estimate of drug-likeness (QED) is 0.302. The molecule has 1 atom stereocenters. The molecule has 2 aromatic carbocycles. The van der Waals surface area contributed by atoms with Gasteiger partial charge in [-0.1, -0.05) is 49.2 Å². The summed E-state index contributed by atoms with van der Waals surface area (Å²) in [7, 11) is 0. The summed E-state index contributed by atoms with van der Waals surface area (Å²) in [4.78, 5) is 45.1. The van der Waals surface area contributed by atoms with E-state index < -0.39 is 23.6 Å². The lowest BCUT2D eigenvalue weighted by Gasteiger charge is -2.36. The molecule has 9 nitrogen and oxygen atoms in total. The van der Waals surface area contributed by atoms with Gasteiger partial charge in [-0.3, -0.25) is 14.5 Å². The molecule has 2 aliphatic heterocycles. The Hall–Kier alpha value is -3.01. The van der Waals surface area contributed by atoms with Crippen molar-refractivity contribution >= 4 is 52.5 Å². The highest BCUT2D eigenvalue weighted by Gasteiger charge is 2.37. The van der Waals surface area contributed by atoms with Crippen molar-refractivity contribution in [1.29, 1.82) is 0 Å². The number of piperazine rings is 1. The smallest absolute Gasteiger partial charge is 0.408 e. The van der Waals surface area contributed by atoms with Gasteiger partial charge in [0.15, 0.2) is 0 Å². The van der Waals surface area contributed by atoms with Gasteiger partial charge in [0.05, 0.1) is 28.0 Å². The van der Waals surface area contributed by atoms with E-state index in [0.29, 0.717) is 34.5 Å². The molecule has 4 rings (SSSR count). The van der Waals surface area contributed by atoms with Crippen LogP contribution in [-0.2, 0) is 20.7 Å². The molecule has 1 fully saturated rings. The van der Waals surface area contributed by atoms with Crippen LogP contribution in [-0.4, -0.2) is 73.8 Å². The summed E-state index contributed by atoms with van der Waals surface area (Å²) in [6.07, 6.45) is 1.92. The molecule has 1 unspecified atom stereocenters. The number of fused-ring (bicyclic) bond motifs is 1. The van der Waals surface area contributed by atoms with Gasteiger partial charge in [-0.05, 0) is 76.3 Å². The molecule has 0 aromatic heterocycles. The van der Waals surface area contributed by atoms with Gasteiger partial charge in [0.25, 0.3) is 5.91 Å². The summed E-state index contributed by atoms with van der Waals surface area (Å²) in [5.41, 5.74) is 1.68. The first-order valence-electron chi connectivity index (χ1n) is 15.4. The van der Waals surface area contributed by atoms with Crippen molar-refractivity contribution in [2.75, 3.05) is 49.1 Å². The Morgan fingerprint density at radius 2 is 1.70 bits per heavy atom. The molecule has 0 saturated carbocycles. The Balaban J connectivity index is 1.29. The number of halogens is 2. The number of amides is 3. The van der Waals surface area contributed by atoms with E-state index in [1.54, 1.807) is 32.9 Å². The zero-order valence-electron chi connectivity index (χ0n) is 26.3. The fraction of sp³-hybridized carbons (Fsp3) is 0.545. The average molecular weight is 648 g/mol. The zero-order chi connectivity index (χ0) is 32.0. The van der Waals surface area contributed by atoms with E-state index in [1.165, 1.54) is 4.90 Å². The Labute approximate surface area is 270 Å². The van der Waals surface area contributed by atoms with Gasteiger partial charge in [0.1, 0.15) is 17.4 Å². The van der Waals surface area contributed by atoms with Gasteiger partial charge in [0.2, 0.25) is 5.91 Å². The van der Waals surface area contributed by atoms with E-state index in [1.807, 2.05) is 38.1 Å². The van der Waals surface area contributed by atoms with Crippen molar-refractivity contribution in [3.8, 4) is 5.75 Å². The first kappa shape index (κ1) is 33.9. The lowest BCUT2D eigenvalue weighted by Crippen LogP contribution is -2.54. The Morgan fingerprint density at radius 3 is 2.39 bits per heavy atom. The highest BCUT2D eigenvalue weighted by atomic mass is 35.5. The van der Waals surface area contributed by atoms with Crippen LogP contribution in [0.3, 0.4) is 0 Å². The number of carbonyl (C=O) groups is 3. The maximum atomic E-state index is 13.7. The standard InChI is InChI=1S/C33H44Cl2N4O5/c1-22(2)30(36-32(42)44-33(3,4)5)31(41)39-27-21-24(13-11-23(27)12-14-28(39)40)43-20-7-6-15-37-16-18-38(19-17-37)26-10-8-9-25(34)29(26)35/h8-11,13,21-22,30H,6-7,12,14-20H2,1-5H3,(H,36,42). The minimum absolute atomic E-state index is 0.219. The van der Waals surface area contributed by atoms with Gasteiger partial charge < -0.3 is 19.7 Å². The third-order valence-electron chi connectivity index (χ3n) is 7.76. The molecule has 44 heavy (non-hydrogen) atoms. The average Bonchev–Trinajstić information content (AvgIpc) is 2.96. The Morgan fingerprint density at radius 1 is 0.977 bits per heavy atom. The number of ether oxygens (including phenoxy) is 2. The molecule has 1 saturated heterocycles. The predicted molar refractivity (Wildman–Crippen MR) is 175 cm³/mol. The lowest BCUT2D eigenvalue weighted by atomic mass is 9.97. The summed E-state index contributed by atoms with van der Waals surface area (Å²) in [6.45, 7) is 14.1. The fourth-order valence-corrected chi connectivity index (χ4v) is 5.86. The number of nitrogens with zero attached hydrogens (tertiary/aromatic N) is 3. The molecular formula is C33H44Cl2N4O5. The van der Waals surface area contributed by atoms with Crippen molar-refractivity contribution in [1.82, 2.24) is 10.2 Å². The fourth-order valence-electron chi connectivity index (χ4n) is 5.45. The van der Waals surface area contributed by atoms with Gasteiger partial charge in [-0.2, -0.15) is 0 Å². The SMILES string of the molecule is CC(C)C(NC(=O)OC(C)(C)C)C(=O)N1C(=O)CCc2ccc(OCCCCN3CCN(c4cccc(Cl)c4Cl)CC3)cc21. The molecule has 2 aromatic rings. The van der Waals surface area contributed by atoms with Crippen LogP contribution in [0.2, 0.25) is 10.0 Å². The number of aryl methyl sites for hydroxylation is 1. The van der Waals surface area contributed by atoms with E-state index in [4.69, 9.17) is 32.7 Å². The first-order chi connectivity index (χ1) is 20.8. The van der Waals surface area contributed by atoms with E-state index in [0.717, 1.165) is 56.8 Å². The van der Waals surface area contributed by atoms with Crippen LogP contribution in [0.25, 0.3) is 0 Å². The maximum Gasteiger partial charge on any atom is 0.408 e. The van der Waals surface area contributed by atoms with Crippen LogP contribution < -0.4 is 19.9 Å². The highest BCUT2D eigenvalue weighted by Crippen LogP contribution is 2.34. The second-order valence-corrected chi connectivity index (χ2v) is 13.5. The van der Waals surface area contributed by atoms with Crippen molar-refractivity contribution in [3.63, 3.8) is 0 Å². The largest absolute Gasteiger partial charge is 0.494 e. The van der Waals surface area contributed by atoms with Crippen LogP contribution in [0.5, 0.6) is 5.75 Å². The molecule has 0 bridgehead atoms. The number of imide groups is 1. The van der Waals surface area contributed by atoms with Crippen LogP contribution >= 0.6 is 23.2 Å². The third kappa shape index (κ3) is 8.79. The number of hydrogen-bond acceptors (Lipinski definition) is 7. The summed E-state index contributed by atoms with van der Waals surface area (Å²) in [5, 5.41) is 3.86. The monoisotopic (exact) mass is 646 g/mol. The summed E-state index contributed by atoms with van der Waals surface area (Å²) >= 11 is 12.6. The molecular weight excluding hydrogens is 603 g/mol. The van der Waals surface area contributed by atoms with Crippen molar-refractivity contribution in [2.24, 2.45) is 5.92 Å². The van der Waals surface area contributed by atoms with Gasteiger partial charge in [-0.25, -0.2) is 9.69 Å². The molecule has 0 aliphatic carbocycles.